The summed E-state index contributed by atoms with van der Waals surface area (Å²) in [6.45, 7) is 0. The molecule has 6 heteroatoms. The molecule has 4 rings (SSSR count). The van der Waals surface area contributed by atoms with Gasteiger partial charge >= 0.3 is 0 Å². The molecule has 0 aliphatic rings. The Kier molecular flexibility index (Phi) is 2.45. The van der Waals surface area contributed by atoms with E-state index in [0.717, 1.165) is 0 Å². The zero-order valence-corrected chi connectivity index (χ0v) is 12.0. The summed E-state index contributed by atoms with van der Waals surface area (Å²) in [7, 11) is 3.02. The fourth-order valence-electron chi connectivity index (χ4n) is 3.01. The largest absolute Gasteiger partial charge is 0.504 e. The average molecular weight is 296 g/mol. The number of phenolic OH excluding ortho intramolecular Hbond substituents is 1. The molecule has 0 aliphatic carbocycles. The molecule has 0 unspecified atom stereocenters. The van der Waals surface area contributed by atoms with E-state index in [0.29, 0.717) is 38.8 Å². The third-order valence-electron chi connectivity index (χ3n) is 3.90. The van der Waals surface area contributed by atoms with Crippen LogP contribution in [0.3, 0.4) is 0 Å². The maximum atomic E-state index is 12.3. The van der Waals surface area contributed by atoms with Gasteiger partial charge in [0.1, 0.15) is 5.75 Å². The summed E-state index contributed by atoms with van der Waals surface area (Å²) in [5.41, 5.74) is 1.81. The van der Waals surface area contributed by atoms with Crippen LogP contribution in [-0.2, 0) is 0 Å². The summed E-state index contributed by atoms with van der Waals surface area (Å²) in [6, 6.07) is 6.34. The Balaban J connectivity index is 2.47. The summed E-state index contributed by atoms with van der Waals surface area (Å²) >= 11 is 0. The van der Waals surface area contributed by atoms with Crippen molar-refractivity contribution in [3.8, 4) is 17.2 Å². The third-order valence-corrected chi connectivity index (χ3v) is 3.90. The van der Waals surface area contributed by atoms with Gasteiger partial charge in [-0.25, -0.2) is 0 Å². The molecule has 3 heterocycles. The van der Waals surface area contributed by atoms with E-state index < -0.39 is 0 Å². The molecule has 0 bridgehead atoms. The normalized spacial score (nSPS) is 11.5. The van der Waals surface area contributed by atoms with Crippen molar-refractivity contribution in [3.63, 3.8) is 0 Å². The van der Waals surface area contributed by atoms with Crippen molar-refractivity contribution >= 4 is 27.3 Å². The van der Waals surface area contributed by atoms with Gasteiger partial charge in [0.25, 0.3) is 5.56 Å². The van der Waals surface area contributed by atoms with Gasteiger partial charge in [-0.15, -0.1) is 0 Å². The van der Waals surface area contributed by atoms with Crippen LogP contribution in [0.1, 0.15) is 0 Å². The van der Waals surface area contributed by atoms with Gasteiger partial charge in [0.15, 0.2) is 11.5 Å². The predicted molar refractivity (Wildman–Crippen MR) is 82.4 cm³/mol. The van der Waals surface area contributed by atoms with Gasteiger partial charge in [-0.1, -0.05) is 0 Å². The molecule has 3 aromatic heterocycles. The number of aromatic nitrogens is 2. The first-order valence-corrected chi connectivity index (χ1v) is 6.67. The number of fused-ring (bicyclic) bond motifs is 3. The highest BCUT2D eigenvalue weighted by Gasteiger charge is 2.22. The second kappa shape index (κ2) is 4.24. The van der Waals surface area contributed by atoms with Crippen molar-refractivity contribution < 1.29 is 14.6 Å². The lowest BCUT2D eigenvalue weighted by atomic mass is 10.1. The fourth-order valence-corrected chi connectivity index (χ4v) is 3.01. The molecule has 0 amide bonds. The van der Waals surface area contributed by atoms with E-state index in [1.807, 2.05) is 0 Å². The first-order chi connectivity index (χ1) is 10.7. The molecule has 6 nitrogen and oxygen atoms in total. The van der Waals surface area contributed by atoms with E-state index in [9.17, 15) is 9.90 Å². The number of methoxy groups -OCH3 is 2. The number of hydrogen-bond acceptors (Lipinski definition) is 5. The smallest absolute Gasteiger partial charge is 0.255 e. The van der Waals surface area contributed by atoms with E-state index in [1.165, 1.54) is 26.4 Å². The van der Waals surface area contributed by atoms with Crippen LogP contribution in [-0.4, -0.2) is 28.7 Å². The van der Waals surface area contributed by atoms with Crippen molar-refractivity contribution in [1.82, 2.24) is 9.38 Å². The van der Waals surface area contributed by atoms with E-state index in [1.54, 1.807) is 22.7 Å². The average Bonchev–Trinajstić information content (AvgIpc) is 2.88. The Bertz CT molecular complexity index is 1080. The number of nitrogens with zero attached hydrogens (tertiary/aromatic N) is 2. The summed E-state index contributed by atoms with van der Waals surface area (Å²) in [5.74, 6) is 0.843. The van der Waals surface area contributed by atoms with Gasteiger partial charge in [-0.3, -0.25) is 14.2 Å². The van der Waals surface area contributed by atoms with Crippen LogP contribution >= 0.6 is 0 Å². The summed E-state index contributed by atoms with van der Waals surface area (Å²) in [4.78, 5) is 16.7. The Morgan fingerprint density at radius 3 is 2.64 bits per heavy atom. The molecule has 22 heavy (non-hydrogen) atoms. The van der Waals surface area contributed by atoms with Gasteiger partial charge in [0, 0.05) is 6.07 Å². The Morgan fingerprint density at radius 1 is 1.09 bits per heavy atom. The Hall–Kier alpha value is -3.02. The minimum absolute atomic E-state index is 0.00844. The third kappa shape index (κ3) is 1.38. The number of benzene rings is 1. The molecular formula is C16H12N2O4. The number of rotatable bonds is 2. The van der Waals surface area contributed by atoms with Gasteiger partial charge in [0.05, 0.1) is 47.7 Å². The SMILES string of the molecule is COc1c(O)ccc2c1c1c(OC)cnc3ccc(=O)n2c31. The predicted octanol–water partition coefficient (Wildman–Crippen LogP) is 2.16. The molecule has 0 fully saturated rings. The highest BCUT2D eigenvalue weighted by molar-refractivity contribution is 6.18. The van der Waals surface area contributed by atoms with Crippen LogP contribution in [0.15, 0.2) is 35.3 Å². The molecule has 1 N–H and O–H groups in total. The van der Waals surface area contributed by atoms with E-state index in [2.05, 4.69) is 4.98 Å². The zero-order chi connectivity index (χ0) is 15.4. The van der Waals surface area contributed by atoms with E-state index in [4.69, 9.17) is 9.47 Å². The van der Waals surface area contributed by atoms with Crippen LogP contribution in [0.2, 0.25) is 0 Å². The molecule has 0 saturated carbocycles. The standard InChI is InChI=1S/C16H12N2O4/c1-21-11-7-17-8-3-6-12(20)18-9-4-5-10(19)16(22-2)13(9)14(11)15(8)18/h3-7,19H,1-2H3. The molecule has 0 saturated heterocycles. The van der Waals surface area contributed by atoms with Crippen molar-refractivity contribution in [3.05, 3.63) is 40.8 Å². The second-order valence-corrected chi connectivity index (χ2v) is 4.95. The molecular weight excluding hydrogens is 284 g/mol. The number of phenols is 1. The topological polar surface area (TPSA) is 73.1 Å². The lowest BCUT2D eigenvalue weighted by molar-refractivity contribution is 0.378. The summed E-state index contributed by atoms with van der Waals surface area (Å²) in [5, 5.41) is 11.4. The molecule has 0 radical (unpaired) electrons. The van der Waals surface area contributed by atoms with Crippen molar-refractivity contribution in [2.75, 3.05) is 14.2 Å². The summed E-state index contributed by atoms with van der Waals surface area (Å²) < 4.78 is 12.3. The fraction of sp³-hybridized carbons (Fsp3) is 0.125. The van der Waals surface area contributed by atoms with E-state index in [-0.39, 0.29) is 11.3 Å². The quantitative estimate of drug-likeness (QED) is 0.613. The molecule has 1 aromatic carbocycles. The molecule has 0 atom stereocenters. The lowest BCUT2D eigenvalue weighted by Gasteiger charge is -2.06. The first kappa shape index (κ1) is 12.7. The number of aromatic hydroxyl groups is 1. The highest BCUT2D eigenvalue weighted by atomic mass is 16.5. The Morgan fingerprint density at radius 2 is 1.91 bits per heavy atom. The van der Waals surface area contributed by atoms with Gasteiger partial charge in [0.2, 0.25) is 0 Å². The maximum Gasteiger partial charge on any atom is 0.255 e. The maximum absolute atomic E-state index is 12.3. The second-order valence-electron chi connectivity index (χ2n) is 4.95. The van der Waals surface area contributed by atoms with Crippen molar-refractivity contribution in [2.24, 2.45) is 0 Å². The number of ether oxygens (including phenoxy) is 2. The van der Waals surface area contributed by atoms with Gasteiger partial charge in [-0.2, -0.15) is 0 Å². The van der Waals surface area contributed by atoms with Gasteiger partial charge in [-0.05, 0) is 18.2 Å². The summed E-state index contributed by atoms with van der Waals surface area (Å²) in [6.07, 6.45) is 1.60. The molecule has 4 aromatic rings. The monoisotopic (exact) mass is 296 g/mol. The minimum Gasteiger partial charge on any atom is -0.504 e. The Labute approximate surface area is 124 Å². The molecule has 110 valence electrons. The van der Waals surface area contributed by atoms with Crippen molar-refractivity contribution in [2.45, 2.75) is 0 Å². The molecule has 0 spiro atoms. The van der Waals surface area contributed by atoms with Crippen molar-refractivity contribution in [1.29, 1.82) is 0 Å². The van der Waals surface area contributed by atoms with Gasteiger partial charge < -0.3 is 14.6 Å². The van der Waals surface area contributed by atoms with Crippen LogP contribution in [0.25, 0.3) is 27.3 Å². The first-order valence-electron chi connectivity index (χ1n) is 6.67. The van der Waals surface area contributed by atoms with Crippen LogP contribution < -0.4 is 15.0 Å². The molecule has 0 aliphatic heterocycles. The minimum atomic E-state index is -0.171. The van der Waals surface area contributed by atoms with E-state index >= 15 is 0 Å². The van der Waals surface area contributed by atoms with Crippen LogP contribution in [0.5, 0.6) is 17.2 Å². The van der Waals surface area contributed by atoms with Crippen LogP contribution in [0, 0.1) is 0 Å². The zero-order valence-electron chi connectivity index (χ0n) is 12.0. The highest BCUT2D eigenvalue weighted by Crippen LogP contribution is 2.44. The number of pyridine rings is 2. The number of hydrogen-bond donors (Lipinski definition) is 1. The van der Waals surface area contributed by atoms with Crippen LogP contribution in [0.4, 0.5) is 0 Å². The lowest BCUT2D eigenvalue weighted by Crippen LogP contribution is -2.10.